The van der Waals surface area contributed by atoms with Crippen LogP contribution in [0.5, 0.6) is 0 Å². The first-order valence-corrected chi connectivity index (χ1v) is 5.26. The second kappa shape index (κ2) is 4.33. The van der Waals surface area contributed by atoms with Crippen LogP contribution in [-0.2, 0) is 9.59 Å². The van der Waals surface area contributed by atoms with E-state index in [2.05, 4.69) is 10.3 Å². The SMILES string of the molecule is CC1=C(C)C(=O)C(Nc2ccccn2)=CC1=O. The van der Waals surface area contributed by atoms with Gasteiger partial charge in [0.1, 0.15) is 5.82 Å². The Morgan fingerprint density at radius 2 is 1.88 bits per heavy atom. The number of nitrogens with zero attached hydrogens (tertiary/aromatic N) is 1. The minimum Gasteiger partial charge on any atom is -0.337 e. The van der Waals surface area contributed by atoms with Crippen LogP contribution in [0.4, 0.5) is 5.82 Å². The summed E-state index contributed by atoms with van der Waals surface area (Å²) < 4.78 is 0. The first-order chi connectivity index (χ1) is 8.09. The number of hydrogen-bond acceptors (Lipinski definition) is 4. The summed E-state index contributed by atoms with van der Waals surface area (Å²) in [4.78, 5) is 27.6. The van der Waals surface area contributed by atoms with E-state index in [1.807, 2.05) is 0 Å². The fourth-order valence-corrected chi connectivity index (χ4v) is 1.53. The molecule has 1 N–H and O–H groups in total. The van der Waals surface area contributed by atoms with Crippen molar-refractivity contribution in [3.8, 4) is 0 Å². The van der Waals surface area contributed by atoms with Crippen LogP contribution in [0.1, 0.15) is 13.8 Å². The van der Waals surface area contributed by atoms with Crippen molar-refractivity contribution in [1.82, 2.24) is 4.98 Å². The van der Waals surface area contributed by atoms with Crippen molar-refractivity contribution < 1.29 is 9.59 Å². The van der Waals surface area contributed by atoms with Crippen LogP contribution in [-0.4, -0.2) is 16.6 Å². The molecule has 4 heteroatoms. The maximum atomic E-state index is 11.9. The summed E-state index contributed by atoms with van der Waals surface area (Å²) in [6.45, 7) is 3.31. The first kappa shape index (κ1) is 11.3. The molecule has 0 aromatic carbocycles. The van der Waals surface area contributed by atoms with E-state index in [0.717, 1.165) is 0 Å². The molecule has 0 saturated carbocycles. The van der Waals surface area contributed by atoms with E-state index in [4.69, 9.17) is 0 Å². The van der Waals surface area contributed by atoms with Crippen LogP contribution in [0.3, 0.4) is 0 Å². The third-order valence-electron chi connectivity index (χ3n) is 2.72. The fourth-order valence-electron chi connectivity index (χ4n) is 1.53. The number of aromatic nitrogens is 1. The summed E-state index contributed by atoms with van der Waals surface area (Å²) in [5.41, 5.74) is 1.26. The average molecular weight is 228 g/mol. The second-order valence-electron chi connectivity index (χ2n) is 3.84. The Morgan fingerprint density at radius 3 is 2.53 bits per heavy atom. The van der Waals surface area contributed by atoms with E-state index in [9.17, 15) is 9.59 Å². The molecule has 1 aromatic heterocycles. The Kier molecular flexibility index (Phi) is 2.87. The van der Waals surface area contributed by atoms with Crippen LogP contribution >= 0.6 is 0 Å². The molecule has 1 heterocycles. The number of anilines is 1. The Hall–Kier alpha value is -2.23. The molecular weight excluding hydrogens is 216 g/mol. The minimum atomic E-state index is -0.159. The fraction of sp³-hybridized carbons (Fsp3) is 0.154. The third-order valence-corrected chi connectivity index (χ3v) is 2.72. The number of carbonyl (C=O) groups is 2. The van der Waals surface area contributed by atoms with E-state index < -0.39 is 0 Å². The highest BCUT2D eigenvalue weighted by atomic mass is 16.1. The summed E-state index contributed by atoms with van der Waals surface area (Å²) in [5, 5.41) is 2.86. The lowest BCUT2D eigenvalue weighted by Crippen LogP contribution is -2.21. The molecule has 0 atom stereocenters. The monoisotopic (exact) mass is 228 g/mol. The van der Waals surface area contributed by atoms with Crippen molar-refractivity contribution in [2.24, 2.45) is 0 Å². The van der Waals surface area contributed by atoms with Gasteiger partial charge in [0, 0.05) is 23.4 Å². The Balaban J connectivity index is 2.27. The van der Waals surface area contributed by atoms with Crippen molar-refractivity contribution in [3.05, 3.63) is 47.3 Å². The van der Waals surface area contributed by atoms with Gasteiger partial charge >= 0.3 is 0 Å². The van der Waals surface area contributed by atoms with Crippen molar-refractivity contribution >= 4 is 17.4 Å². The summed E-state index contributed by atoms with van der Waals surface area (Å²) in [6.07, 6.45) is 2.94. The van der Waals surface area contributed by atoms with Crippen LogP contribution < -0.4 is 5.32 Å². The van der Waals surface area contributed by atoms with Crippen molar-refractivity contribution in [1.29, 1.82) is 0 Å². The number of ketones is 2. The summed E-state index contributed by atoms with van der Waals surface area (Å²) in [5.74, 6) is 0.250. The van der Waals surface area contributed by atoms with Gasteiger partial charge in [0.05, 0.1) is 5.70 Å². The molecule has 86 valence electrons. The first-order valence-electron chi connectivity index (χ1n) is 5.26. The van der Waals surface area contributed by atoms with Gasteiger partial charge in [0.25, 0.3) is 0 Å². The summed E-state index contributed by atoms with van der Waals surface area (Å²) in [6, 6.07) is 5.32. The predicted octanol–water partition coefficient (Wildman–Crippen LogP) is 1.87. The van der Waals surface area contributed by atoms with Crippen molar-refractivity contribution in [3.63, 3.8) is 0 Å². The van der Waals surface area contributed by atoms with Crippen LogP contribution in [0.2, 0.25) is 0 Å². The minimum absolute atomic E-state index is 0.138. The van der Waals surface area contributed by atoms with Gasteiger partial charge in [-0.15, -0.1) is 0 Å². The number of rotatable bonds is 2. The maximum absolute atomic E-state index is 11.9. The summed E-state index contributed by atoms with van der Waals surface area (Å²) >= 11 is 0. The molecule has 1 aromatic rings. The van der Waals surface area contributed by atoms with E-state index in [0.29, 0.717) is 17.0 Å². The van der Waals surface area contributed by atoms with Gasteiger partial charge in [-0.05, 0) is 26.0 Å². The Bertz CT molecular complexity index is 542. The van der Waals surface area contributed by atoms with E-state index in [-0.39, 0.29) is 17.3 Å². The molecule has 0 fully saturated rings. The highest BCUT2D eigenvalue weighted by molar-refractivity contribution is 6.23. The molecule has 0 bridgehead atoms. The smallest absolute Gasteiger partial charge is 0.205 e. The van der Waals surface area contributed by atoms with Gasteiger partial charge in [-0.1, -0.05) is 6.07 Å². The molecular formula is C13H12N2O2. The van der Waals surface area contributed by atoms with Gasteiger partial charge < -0.3 is 5.32 Å². The number of carbonyl (C=O) groups excluding carboxylic acids is 2. The van der Waals surface area contributed by atoms with Gasteiger partial charge in [0.15, 0.2) is 5.78 Å². The lowest BCUT2D eigenvalue weighted by Gasteiger charge is -2.15. The molecule has 0 saturated heterocycles. The largest absolute Gasteiger partial charge is 0.337 e. The molecule has 0 radical (unpaired) electrons. The molecule has 1 aliphatic carbocycles. The number of hydrogen-bond donors (Lipinski definition) is 1. The van der Waals surface area contributed by atoms with Crippen molar-refractivity contribution in [2.45, 2.75) is 13.8 Å². The topological polar surface area (TPSA) is 59.1 Å². The zero-order valence-corrected chi connectivity index (χ0v) is 9.65. The van der Waals surface area contributed by atoms with Gasteiger partial charge in [-0.25, -0.2) is 4.98 Å². The number of nitrogens with one attached hydrogen (secondary N) is 1. The van der Waals surface area contributed by atoms with Gasteiger partial charge in [-0.2, -0.15) is 0 Å². The van der Waals surface area contributed by atoms with Crippen LogP contribution in [0.15, 0.2) is 47.3 Å². The standard InChI is InChI=1S/C13H12N2O2/c1-8-9(2)13(17)10(7-11(8)16)15-12-5-3-4-6-14-12/h3-7H,1-2H3,(H,14,15). The van der Waals surface area contributed by atoms with E-state index >= 15 is 0 Å². The predicted molar refractivity (Wildman–Crippen MR) is 64.3 cm³/mol. The maximum Gasteiger partial charge on any atom is 0.205 e. The molecule has 2 rings (SSSR count). The highest BCUT2D eigenvalue weighted by Gasteiger charge is 2.23. The van der Waals surface area contributed by atoms with E-state index in [1.54, 1.807) is 38.2 Å². The van der Waals surface area contributed by atoms with Gasteiger partial charge in [0.2, 0.25) is 5.78 Å². The zero-order valence-electron chi connectivity index (χ0n) is 9.65. The van der Waals surface area contributed by atoms with Crippen LogP contribution in [0, 0.1) is 0 Å². The second-order valence-corrected chi connectivity index (χ2v) is 3.84. The number of allylic oxidation sites excluding steroid dienone is 3. The highest BCUT2D eigenvalue weighted by Crippen LogP contribution is 2.19. The van der Waals surface area contributed by atoms with Crippen molar-refractivity contribution in [2.75, 3.05) is 5.32 Å². The normalized spacial score (nSPS) is 16.0. The molecule has 1 aliphatic rings. The van der Waals surface area contributed by atoms with Gasteiger partial charge in [-0.3, -0.25) is 9.59 Å². The summed E-state index contributed by atoms with van der Waals surface area (Å²) in [7, 11) is 0. The number of pyridine rings is 1. The molecule has 0 aliphatic heterocycles. The lowest BCUT2D eigenvalue weighted by atomic mass is 9.95. The lowest BCUT2D eigenvalue weighted by molar-refractivity contribution is -0.115. The Labute approximate surface area is 99.1 Å². The van der Waals surface area contributed by atoms with E-state index in [1.165, 1.54) is 6.08 Å². The molecule has 0 amide bonds. The zero-order chi connectivity index (χ0) is 12.4. The molecule has 17 heavy (non-hydrogen) atoms. The third kappa shape index (κ3) is 2.15. The Morgan fingerprint density at radius 1 is 1.12 bits per heavy atom. The quantitative estimate of drug-likeness (QED) is 0.785. The number of Topliss-reactive ketones (excluding diaryl/α,β-unsaturated/α-hetero) is 1. The molecule has 0 unspecified atom stereocenters. The van der Waals surface area contributed by atoms with Crippen LogP contribution in [0.25, 0.3) is 0 Å². The average Bonchev–Trinajstić information content (AvgIpc) is 2.35. The molecule has 4 nitrogen and oxygen atoms in total. The molecule has 0 spiro atoms.